The van der Waals surface area contributed by atoms with Gasteiger partial charge in [0, 0.05) is 0 Å². The van der Waals surface area contributed by atoms with Crippen LogP contribution < -0.4 is 0 Å². The molecule has 1 atom stereocenters. The van der Waals surface area contributed by atoms with Gasteiger partial charge in [-0.2, -0.15) is 0 Å². The second-order valence-electron chi connectivity index (χ2n) is 1.83. The zero-order valence-corrected chi connectivity index (χ0v) is 6.78. The topological polar surface area (TPSA) is 66.8 Å². The van der Waals surface area contributed by atoms with Gasteiger partial charge in [-0.05, 0) is 13.8 Å². The third-order valence-corrected chi connectivity index (χ3v) is 1.37. The highest BCUT2D eigenvalue weighted by Gasteiger charge is 2.16. The van der Waals surface area contributed by atoms with Crippen molar-refractivity contribution >= 4 is 7.82 Å². The molecule has 0 spiro atoms. The van der Waals surface area contributed by atoms with Gasteiger partial charge >= 0.3 is 7.82 Å². The summed E-state index contributed by atoms with van der Waals surface area (Å²) in [6.45, 7) is 3.30. The van der Waals surface area contributed by atoms with Crippen LogP contribution in [0.2, 0.25) is 0 Å². The Morgan fingerprint density at radius 3 is 2.40 bits per heavy atom. The lowest BCUT2D eigenvalue weighted by molar-refractivity contribution is 0.171. The van der Waals surface area contributed by atoms with E-state index in [0.29, 0.717) is 0 Å². The quantitative estimate of drug-likeness (QED) is 0.486. The zero-order valence-electron chi connectivity index (χ0n) is 5.89. The zero-order chi connectivity index (χ0) is 8.20. The average molecular weight is 166 g/mol. The highest BCUT2D eigenvalue weighted by Crippen LogP contribution is 2.37. The number of rotatable bonds is 3. The average Bonchev–Trinajstić information content (AvgIpc) is 1.59. The van der Waals surface area contributed by atoms with Gasteiger partial charge in [0.1, 0.15) is 0 Å². The first-order valence-electron chi connectivity index (χ1n) is 2.82. The van der Waals surface area contributed by atoms with E-state index in [-0.39, 0.29) is 0 Å². The summed E-state index contributed by atoms with van der Waals surface area (Å²) in [6.07, 6.45) is 2.69. The molecule has 0 amide bonds. The molecule has 0 aromatic carbocycles. The van der Waals surface area contributed by atoms with Gasteiger partial charge in [-0.1, -0.05) is 12.2 Å². The van der Waals surface area contributed by atoms with Gasteiger partial charge in [0.15, 0.2) is 0 Å². The summed E-state index contributed by atoms with van der Waals surface area (Å²) in [5, 5.41) is 0. The molecule has 5 heteroatoms. The second-order valence-corrected chi connectivity index (χ2v) is 3.02. The molecule has 0 bridgehead atoms. The maximum atomic E-state index is 10.2. The van der Waals surface area contributed by atoms with Crippen LogP contribution in [0.5, 0.6) is 0 Å². The van der Waals surface area contributed by atoms with Crippen LogP contribution >= 0.6 is 7.82 Å². The molecule has 2 N–H and O–H groups in total. The molecule has 0 saturated heterocycles. The number of hydrogen-bond donors (Lipinski definition) is 2. The lowest BCUT2D eigenvalue weighted by atomic mass is 10.4. The highest BCUT2D eigenvalue weighted by molar-refractivity contribution is 7.46. The van der Waals surface area contributed by atoms with Crippen molar-refractivity contribution in [1.82, 2.24) is 0 Å². The lowest BCUT2D eigenvalue weighted by Crippen LogP contribution is -2.01. The Bertz CT molecular complexity index is 159. The molecular formula is C5H11O4P. The Balaban J connectivity index is 3.80. The van der Waals surface area contributed by atoms with Crippen molar-refractivity contribution in [3.8, 4) is 0 Å². The van der Waals surface area contributed by atoms with E-state index in [2.05, 4.69) is 4.52 Å². The van der Waals surface area contributed by atoms with Crippen molar-refractivity contribution in [2.24, 2.45) is 0 Å². The number of hydrogen-bond acceptors (Lipinski definition) is 2. The van der Waals surface area contributed by atoms with Crippen LogP contribution in [0.25, 0.3) is 0 Å². The summed E-state index contributed by atoms with van der Waals surface area (Å²) in [6, 6.07) is 0. The Labute approximate surface area is 59.8 Å². The first-order chi connectivity index (χ1) is 4.45. The third kappa shape index (κ3) is 5.98. The normalized spacial score (nSPS) is 16.0. The van der Waals surface area contributed by atoms with Gasteiger partial charge in [0.2, 0.25) is 0 Å². The van der Waals surface area contributed by atoms with Gasteiger partial charge in [0.25, 0.3) is 0 Å². The van der Waals surface area contributed by atoms with Gasteiger partial charge in [-0.15, -0.1) is 0 Å². The SMILES string of the molecule is CC=CC(C)OP(=O)(O)O. The predicted octanol–water partition coefficient (Wildman–Crippen LogP) is 1.06. The van der Waals surface area contributed by atoms with Crippen molar-refractivity contribution < 1.29 is 18.9 Å². The molecule has 1 unspecified atom stereocenters. The summed E-state index contributed by atoms with van der Waals surface area (Å²) in [7, 11) is -4.30. The van der Waals surface area contributed by atoms with Crippen molar-refractivity contribution in [3.63, 3.8) is 0 Å². The van der Waals surface area contributed by atoms with E-state index in [4.69, 9.17) is 9.79 Å². The molecule has 0 heterocycles. The van der Waals surface area contributed by atoms with E-state index < -0.39 is 13.9 Å². The minimum absolute atomic E-state index is 0.536. The van der Waals surface area contributed by atoms with Gasteiger partial charge in [-0.25, -0.2) is 4.57 Å². The van der Waals surface area contributed by atoms with E-state index in [1.54, 1.807) is 26.0 Å². The minimum Gasteiger partial charge on any atom is -0.303 e. The largest absolute Gasteiger partial charge is 0.470 e. The van der Waals surface area contributed by atoms with Crippen molar-refractivity contribution in [3.05, 3.63) is 12.2 Å². The number of phosphoric acid groups is 1. The molecule has 0 fully saturated rings. The van der Waals surface area contributed by atoms with Crippen LogP contribution in [0.15, 0.2) is 12.2 Å². The first kappa shape index (κ1) is 9.85. The Morgan fingerprint density at radius 1 is 1.60 bits per heavy atom. The fourth-order valence-electron chi connectivity index (χ4n) is 0.523. The monoisotopic (exact) mass is 166 g/mol. The number of allylic oxidation sites excluding steroid dienone is 1. The minimum atomic E-state index is -4.30. The molecule has 60 valence electrons. The molecule has 0 rings (SSSR count). The maximum absolute atomic E-state index is 10.2. The van der Waals surface area contributed by atoms with Gasteiger partial charge in [-0.3, -0.25) is 4.52 Å². The van der Waals surface area contributed by atoms with Crippen molar-refractivity contribution in [2.45, 2.75) is 20.0 Å². The Kier molecular flexibility index (Phi) is 3.83. The molecule has 0 radical (unpaired) electrons. The summed E-state index contributed by atoms with van der Waals surface area (Å²) in [5.41, 5.74) is 0. The second kappa shape index (κ2) is 3.88. The Hall–Kier alpha value is -0.150. The molecule has 0 aliphatic carbocycles. The lowest BCUT2D eigenvalue weighted by Gasteiger charge is -2.08. The van der Waals surface area contributed by atoms with E-state index in [0.717, 1.165) is 0 Å². The predicted molar refractivity (Wildman–Crippen MR) is 37.4 cm³/mol. The molecule has 4 nitrogen and oxygen atoms in total. The van der Waals surface area contributed by atoms with Crippen LogP contribution in [0.3, 0.4) is 0 Å². The molecular weight excluding hydrogens is 155 g/mol. The van der Waals surface area contributed by atoms with Crippen LogP contribution in [0.4, 0.5) is 0 Å². The highest BCUT2D eigenvalue weighted by atomic mass is 31.2. The number of phosphoric ester groups is 1. The van der Waals surface area contributed by atoms with E-state index in [9.17, 15) is 4.57 Å². The maximum Gasteiger partial charge on any atom is 0.470 e. The van der Waals surface area contributed by atoms with E-state index in [1.165, 1.54) is 0 Å². The summed E-state index contributed by atoms with van der Waals surface area (Å²) < 4.78 is 14.4. The fourth-order valence-corrected chi connectivity index (χ4v) is 1.03. The standard InChI is InChI=1S/C5H11O4P/c1-3-4-5(2)9-10(6,7)8/h3-5H,1-2H3,(H2,6,7,8). The van der Waals surface area contributed by atoms with Gasteiger partial charge < -0.3 is 9.79 Å². The molecule has 0 saturated carbocycles. The van der Waals surface area contributed by atoms with E-state index >= 15 is 0 Å². The summed E-state index contributed by atoms with van der Waals surface area (Å²) in [4.78, 5) is 16.5. The summed E-state index contributed by atoms with van der Waals surface area (Å²) >= 11 is 0. The van der Waals surface area contributed by atoms with Crippen LogP contribution in [0.1, 0.15) is 13.8 Å². The van der Waals surface area contributed by atoms with Crippen LogP contribution in [-0.4, -0.2) is 15.9 Å². The summed E-state index contributed by atoms with van der Waals surface area (Å²) in [5.74, 6) is 0. The fraction of sp³-hybridized carbons (Fsp3) is 0.600. The smallest absolute Gasteiger partial charge is 0.303 e. The Morgan fingerprint density at radius 2 is 2.10 bits per heavy atom. The van der Waals surface area contributed by atoms with Crippen molar-refractivity contribution in [2.75, 3.05) is 0 Å². The van der Waals surface area contributed by atoms with Crippen LogP contribution in [0, 0.1) is 0 Å². The van der Waals surface area contributed by atoms with Gasteiger partial charge in [0.05, 0.1) is 6.10 Å². The molecule has 0 aromatic heterocycles. The molecule has 10 heavy (non-hydrogen) atoms. The van der Waals surface area contributed by atoms with Crippen LogP contribution in [-0.2, 0) is 9.09 Å². The molecule has 0 aliphatic heterocycles. The molecule has 0 aromatic rings. The van der Waals surface area contributed by atoms with Crippen molar-refractivity contribution in [1.29, 1.82) is 0 Å². The van der Waals surface area contributed by atoms with E-state index in [1.807, 2.05) is 0 Å². The third-order valence-electron chi connectivity index (χ3n) is 0.767. The first-order valence-corrected chi connectivity index (χ1v) is 4.35. The molecule has 0 aliphatic rings.